The summed E-state index contributed by atoms with van der Waals surface area (Å²) in [5.74, 6) is -0.492. The maximum Gasteiger partial charge on any atom is 0.230 e. The molecule has 124 valence electrons. The van der Waals surface area contributed by atoms with Gasteiger partial charge in [0.25, 0.3) is 0 Å². The van der Waals surface area contributed by atoms with E-state index in [-0.39, 0.29) is 30.1 Å². The Morgan fingerprint density at radius 3 is 2.48 bits per heavy atom. The van der Waals surface area contributed by atoms with Gasteiger partial charge in [0, 0.05) is 36.0 Å². The minimum Gasteiger partial charge on any atom is -0.330 e. The van der Waals surface area contributed by atoms with Gasteiger partial charge < -0.3 is 16.4 Å². The molecule has 4 N–H and O–H groups in total. The first-order chi connectivity index (χ1) is 10.5. The summed E-state index contributed by atoms with van der Waals surface area (Å²) in [5, 5.41) is 7.88. The fourth-order valence-corrected chi connectivity index (χ4v) is 2.45. The van der Waals surface area contributed by atoms with Gasteiger partial charge in [-0.05, 0) is 12.1 Å². The first kappa shape index (κ1) is 19.1. The van der Waals surface area contributed by atoms with Gasteiger partial charge in [-0.3, -0.25) is 9.59 Å². The molecule has 0 radical (unpaired) electrons. The molecule has 1 aromatic carbocycles. The number of carbonyl (C=O) groups excluding carboxylic acids is 2. The number of hydrogen-bond donors (Lipinski definition) is 3. The van der Waals surface area contributed by atoms with Gasteiger partial charge in [0.15, 0.2) is 5.13 Å². The Bertz CT molecular complexity index is 672. The highest BCUT2D eigenvalue weighted by Crippen LogP contribution is 2.26. The number of thiazole rings is 1. The van der Waals surface area contributed by atoms with Crippen LogP contribution in [-0.2, 0) is 9.59 Å². The highest BCUT2D eigenvalue weighted by Gasteiger charge is 2.13. The van der Waals surface area contributed by atoms with Crippen LogP contribution in [0.3, 0.4) is 0 Å². The molecule has 0 saturated heterocycles. The van der Waals surface area contributed by atoms with Crippen LogP contribution in [0.1, 0.15) is 13.8 Å². The number of rotatable bonds is 5. The second kappa shape index (κ2) is 8.61. The predicted molar refractivity (Wildman–Crippen MR) is 95.9 cm³/mol. The maximum absolute atomic E-state index is 11.8. The lowest BCUT2D eigenvalue weighted by molar-refractivity contribution is -0.119. The van der Waals surface area contributed by atoms with E-state index in [1.54, 1.807) is 6.92 Å². The summed E-state index contributed by atoms with van der Waals surface area (Å²) in [6.07, 6.45) is 0. The number of aromatic nitrogens is 1. The van der Waals surface area contributed by atoms with Gasteiger partial charge in [0.2, 0.25) is 11.8 Å². The highest BCUT2D eigenvalue weighted by atomic mass is 35.5. The van der Waals surface area contributed by atoms with E-state index in [0.29, 0.717) is 11.7 Å². The minimum absolute atomic E-state index is 0. The van der Waals surface area contributed by atoms with Crippen molar-refractivity contribution in [3.8, 4) is 11.3 Å². The minimum atomic E-state index is -0.246. The molecule has 0 aliphatic rings. The highest BCUT2D eigenvalue weighted by molar-refractivity contribution is 7.14. The number of benzene rings is 1. The molecular formula is C15H19ClN4O2S. The molecule has 0 fully saturated rings. The normalized spacial score (nSPS) is 11.3. The van der Waals surface area contributed by atoms with Crippen LogP contribution in [0.2, 0.25) is 0 Å². The summed E-state index contributed by atoms with van der Waals surface area (Å²) in [6, 6.07) is 7.36. The average molecular weight is 355 g/mol. The van der Waals surface area contributed by atoms with Crippen LogP contribution in [0, 0.1) is 5.92 Å². The van der Waals surface area contributed by atoms with Gasteiger partial charge in [-0.1, -0.05) is 19.1 Å². The zero-order valence-electron chi connectivity index (χ0n) is 12.8. The summed E-state index contributed by atoms with van der Waals surface area (Å²) < 4.78 is 0. The number of amides is 2. The number of halogens is 1. The topological polar surface area (TPSA) is 97.1 Å². The molecule has 1 atom stereocenters. The second-order valence-corrected chi connectivity index (χ2v) is 5.78. The summed E-state index contributed by atoms with van der Waals surface area (Å²) in [5.41, 5.74) is 7.88. The Balaban J connectivity index is 0.00000264. The summed E-state index contributed by atoms with van der Waals surface area (Å²) in [6.45, 7) is 3.53. The van der Waals surface area contributed by atoms with E-state index in [2.05, 4.69) is 15.6 Å². The third-order valence-electron chi connectivity index (χ3n) is 3.04. The standard InChI is InChI=1S/C15H18N4O2S.ClH/c1-9(7-16)14(21)19-15-18-13(8-22-15)11-3-5-12(6-4-11)17-10(2)20;/h3-6,8-9H,7,16H2,1-2H3,(H,17,20)(H,18,19,21);1H. The Hall–Kier alpha value is -1.96. The van der Waals surface area contributed by atoms with E-state index in [4.69, 9.17) is 5.73 Å². The van der Waals surface area contributed by atoms with Gasteiger partial charge >= 0.3 is 0 Å². The molecule has 8 heteroatoms. The molecule has 6 nitrogen and oxygen atoms in total. The van der Waals surface area contributed by atoms with E-state index < -0.39 is 0 Å². The van der Waals surface area contributed by atoms with Gasteiger partial charge in [-0.15, -0.1) is 23.7 Å². The monoisotopic (exact) mass is 354 g/mol. The number of hydrogen-bond acceptors (Lipinski definition) is 5. The SMILES string of the molecule is CC(=O)Nc1ccc(-c2csc(NC(=O)C(C)CN)n2)cc1.Cl. The fraction of sp³-hybridized carbons (Fsp3) is 0.267. The van der Waals surface area contributed by atoms with Crippen molar-refractivity contribution in [1.82, 2.24) is 4.98 Å². The van der Waals surface area contributed by atoms with E-state index in [1.165, 1.54) is 18.3 Å². The zero-order chi connectivity index (χ0) is 16.1. The molecule has 0 bridgehead atoms. The fourth-order valence-electron chi connectivity index (χ4n) is 1.73. The second-order valence-electron chi connectivity index (χ2n) is 4.92. The number of anilines is 2. The van der Waals surface area contributed by atoms with Crippen molar-refractivity contribution in [2.45, 2.75) is 13.8 Å². The quantitative estimate of drug-likeness (QED) is 0.769. The van der Waals surface area contributed by atoms with Crippen molar-refractivity contribution in [3.63, 3.8) is 0 Å². The lowest BCUT2D eigenvalue weighted by Crippen LogP contribution is -2.26. The Kier molecular flexibility index (Phi) is 7.15. The first-order valence-electron chi connectivity index (χ1n) is 6.84. The van der Waals surface area contributed by atoms with E-state index in [9.17, 15) is 9.59 Å². The Labute approximate surface area is 144 Å². The van der Waals surface area contributed by atoms with E-state index >= 15 is 0 Å². The van der Waals surface area contributed by atoms with E-state index in [1.807, 2.05) is 29.6 Å². The van der Waals surface area contributed by atoms with Crippen LogP contribution < -0.4 is 16.4 Å². The van der Waals surface area contributed by atoms with Crippen LogP contribution >= 0.6 is 23.7 Å². The molecule has 0 spiro atoms. The molecule has 0 aliphatic carbocycles. The number of carbonyl (C=O) groups is 2. The summed E-state index contributed by atoms with van der Waals surface area (Å²) >= 11 is 1.36. The van der Waals surface area contributed by atoms with Crippen LogP contribution in [-0.4, -0.2) is 23.3 Å². The Morgan fingerprint density at radius 1 is 1.26 bits per heavy atom. The predicted octanol–water partition coefficient (Wildman–Crippen LogP) is 2.72. The van der Waals surface area contributed by atoms with Crippen LogP contribution in [0.15, 0.2) is 29.6 Å². The van der Waals surface area contributed by atoms with Crippen LogP contribution in [0.5, 0.6) is 0 Å². The molecule has 1 heterocycles. The van der Waals surface area contributed by atoms with Gasteiger partial charge in [-0.2, -0.15) is 0 Å². The number of nitrogens with two attached hydrogens (primary N) is 1. The van der Waals surface area contributed by atoms with Crippen LogP contribution in [0.25, 0.3) is 11.3 Å². The van der Waals surface area contributed by atoms with Gasteiger partial charge in [-0.25, -0.2) is 4.98 Å². The van der Waals surface area contributed by atoms with Crippen molar-refractivity contribution in [2.75, 3.05) is 17.2 Å². The zero-order valence-corrected chi connectivity index (χ0v) is 14.5. The summed E-state index contributed by atoms with van der Waals surface area (Å²) in [4.78, 5) is 27.1. The molecule has 2 amide bonds. The van der Waals surface area contributed by atoms with Gasteiger partial charge in [0.05, 0.1) is 5.69 Å². The van der Waals surface area contributed by atoms with Crippen molar-refractivity contribution in [1.29, 1.82) is 0 Å². The third-order valence-corrected chi connectivity index (χ3v) is 3.79. The largest absolute Gasteiger partial charge is 0.330 e. The smallest absolute Gasteiger partial charge is 0.230 e. The molecular weight excluding hydrogens is 336 g/mol. The van der Waals surface area contributed by atoms with Gasteiger partial charge in [0.1, 0.15) is 0 Å². The van der Waals surface area contributed by atoms with Crippen molar-refractivity contribution in [3.05, 3.63) is 29.6 Å². The lowest BCUT2D eigenvalue weighted by Gasteiger charge is -2.06. The first-order valence-corrected chi connectivity index (χ1v) is 7.72. The summed E-state index contributed by atoms with van der Waals surface area (Å²) in [7, 11) is 0. The average Bonchev–Trinajstić information content (AvgIpc) is 2.95. The third kappa shape index (κ3) is 5.31. The number of nitrogens with zero attached hydrogens (tertiary/aromatic N) is 1. The Morgan fingerprint density at radius 2 is 1.91 bits per heavy atom. The molecule has 2 rings (SSSR count). The number of nitrogens with one attached hydrogen (secondary N) is 2. The molecule has 0 saturated carbocycles. The van der Waals surface area contributed by atoms with E-state index in [0.717, 1.165) is 16.9 Å². The molecule has 1 aromatic heterocycles. The van der Waals surface area contributed by atoms with Crippen LogP contribution in [0.4, 0.5) is 10.8 Å². The molecule has 23 heavy (non-hydrogen) atoms. The van der Waals surface area contributed by atoms with Crippen molar-refractivity contribution >= 4 is 46.4 Å². The maximum atomic E-state index is 11.8. The molecule has 1 unspecified atom stereocenters. The van der Waals surface area contributed by atoms with Crippen molar-refractivity contribution < 1.29 is 9.59 Å². The molecule has 0 aliphatic heterocycles. The molecule has 2 aromatic rings. The lowest BCUT2D eigenvalue weighted by atomic mass is 10.1. The van der Waals surface area contributed by atoms with Crippen molar-refractivity contribution in [2.24, 2.45) is 11.7 Å².